The molecule has 2 N–H and O–H groups in total. The van der Waals surface area contributed by atoms with Gasteiger partial charge in [0, 0.05) is 26.2 Å². The fourth-order valence-corrected chi connectivity index (χ4v) is 3.02. The number of carboxylic acids is 1. The van der Waals surface area contributed by atoms with E-state index in [0.717, 1.165) is 5.56 Å². The van der Waals surface area contributed by atoms with E-state index in [1.54, 1.807) is 6.07 Å². The van der Waals surface area contributed by atoms with Gasteiger partial charge in [-0.05, 0) is 42.9 Å². The van der Waals surface area contributed by atoms with Crippen LogP contribution in [0.2, 0.25) is 0 Å². The van der Waals surface area contributed by atoms with Gasteiger partial charge in [0.25, 0.3) is 0 Å². The lowest BCUT2D eigenvalue weighted by atomic mass is 9.80. The molecular weight excluding hydrogens is 313 g/mol. The molecule has 132 valence electrons. The van der Waals surface area contributed by atoms with Gasteiger partial charge in [0.1, 0.15) is 5.82 Å². The van der Waals surface area contributed by atoms with Crippen molar-refractivity contribution in [2.24, 2.45) is 11.3 Å². The third-order valence-corrected chi connectivity index (χ3v) is 4.53. The Labute approximate surface area is 141 Å². The predicted octanol–water partition coefficient (Wildman–Crippen LogP) is 2.39. The van der Waals surface area contributed by atoms with Gasteiger partial charge in [0.15, 0.2) is 0 Å². The number of carbonyl (C=O) groups excluding carboxylic acids is 1. The third-order valence-electron chi connectivity index (χ3n) is 4.53. The van der Waals surface area contributed by atoms with E-state index in [1.165, 1.54) is 12.1 Å². The molecule has 24 heavy (non-hydrogen) atoms. The molecule has 0 aromatic heterocycles. The highest BCUT2D eigenvalue weighted by Crippen LogP contribution is 2.30. The molecule has 0 aliphatic carbocycles. The number of aliphatic carboxylic acids is 1. The van der Waals surface area contributed by atoms with Crippen molar-refractivity contribution in [2.75, 3.05) is 19.8 Å². The number of ether oxygens (including phenoxy) is 1. The Kier molecular flexibility index (Phi) is 6.31. The van der Waals surface area contributed by atoms with Gasteiger partial charge in [-0.3, -0.25) is 9.59 Å². The summed E-state index contributed by atoms with van der Waals surface area (Å²) in [6.45, 7) is 2.85. The zero-order chi connectivity index (χ0) is 17.6. The van der Waals surface area contributed by atoms with Gasteiger partial charge in [0.2, 0.25) is 5.91 Å². The van der Waals surface area contributed by atoms with Gasteiger partial charge in [-0.25, -0.2) is 4.39 Å². The van der Waals surface area contributed by atoms with Crippen LogP contribution in [0.5, 0.6) is 0 Å². The molecule has 1 saturated heterocycles. The zero-order valence-electron chi connectivity index (χ0n) is 13.9. The molecule has 6 heteroatoms. The maximum Gasteiger partial charge on any atom is 0.311 e. The Morgan fingerprint density at radius 1 is 1.38 bits per heavy atom. The molecule has 5 nitrogen and oxygen atoms in total. The molecule has 1 heterocycles. The summed E-state index contributed by atoms with van der Waals surface area (Å²) in [5, 5.41) is 12.2. The van der Waals surface area contributed by atoms with E-state index in [1.807, 2.05) is 13.0 Å². The Morgan fingerprint density at radius 3 is 2.71 bits per heavy atom. The van der Waals surface area contributed by atoms with Crippen molar-refractivity contribution in [3.05, 3.63) is 35.6 Å². The third kappa shape index (κ3) is 5.03. The minimum absolute atomic E-state index is 0.0438. The fraction of sp³-hybridized carbons (Fsp3) is 0.556. The lowest BCUT2D eigenvalue weighted by molar-refractivity contribution is -0.154. The summed E-state index contributed by atoms with van der Waals surface area (Å²) >= 11 is 0. The van der Waals surface area contributed by atoms with Crippen LogP contribution < -0.4 is 5.32 Å². The summed E-state index contributed by atoms with van der Waals surface area (Å²) in [5.74, 6) is -1.31. The maximum absolute atomic E-state index is 13.2. The van der Waals surface area contributed by atoms with Crippen LogP contribution in [0.4, 0.5) is 4.39 Å². The molecule has 0 saturated carbocycles. The smallest absolute Gasteiger partial charge is 0.311 e. The van der Waals surface area contributed by atoms with Crippen LogP contribution in [0, 0.1) is 17.2 Å². The average Bonchev–Trinajstić information content (AvgIpc) is 2.53. The number of nitrogens with one attached hydrogen (secondary N) is 1. The number of halogens is 1. The van der Waals surface area contributed by atoms with Crippen molar-refractivity contribution in [1.82, 2.24) is 5.32 Å². The predicted molar refractivity (Wildman–Crippen MR) is 87.0 cm³/mol. The van der Waals surface area contributed by atoms with Crippen LogP contribution in [0.3, 0.4) is 0 Å². The first-order valence-corrected chi connectivity index (χ1v) is 8.23. The molecular formula is C18H24FNO4. The van der Waals surface area contributed by atoms with E-state index in [9.17, 15) is 19.1 Å². The molecule has 1 aliphatic rings. The van der Waals surface area contributed by atoms with Crippen molar-refractivity contribution >= 4 is 11.9 Å². The minimum Gasteiger partial charge on any atom is -0.481 e. The van der Waals surface area contributed by atoms with Gasteiger partial charge >= 0.3 is 5.97 Å². The lowest BCUT2D eigenvalue weighted by Gasteiger charge is -2.33. The number of carbonyl (C=O) groups is 2. The highest BCUT2D eigenvalue weighted by atomic mass is 19.1. The molecule has 1 atom stereocenters. The van der Waals surface area contributed by atoms with Gasteiger partial charge in [0.05, 0.1) is 5.41 Å². The first kappa shape index (κ1) is 18.4. The summed E-state index contributed by atoms with van der Waals surface area (Å²) in [5.41, 5.74) is -0.0820. The van der Waals surface area contributed by atoms with Crippen molar-refractivity contribution < 1.29 is 23.8 Å². The van der Waals surface area contributed by atoms with Gasteiger partial charge in [-0.15, -0.1) is 0 Å². The van der Waals surface area contributed by atoms with E-state index in [0.29, 0.717) is 32.5 Å². The molecule has 1 aromatic rings. The molecule has 1 amide bonds. The quantitative estimate of drug-likeness (QED) is 0.801. The van der Waals surface area contributed by atoms with Crippen molar-refractivity contribution in [3.8, 4) is 0 Å². The van der Waals surface area contributed by atoms with Crippen LogP contribution in [0.1, 0.15) is 31.7 Å². The van der Waals surface area contributed by atoms with Crippen LogP contribution in [0.25, 0.3) is 0 Å². The second-order valence-electron chi connectivity index (χ2n) is 6.62. The number of amides is 1. The summed E-state index contributed by atoms with van der Waals surface area (Å²) in [6.07, 6.45) is 1.69. The topological polar surface area (TPSA) is 75.6 Å². The zero-order valence-corrected chi connectivity index (χ0v) is 13.9. The Morgan fingerprint density at radius 2 is 2.08 bits per heavy atom. The molecule has 1 aliphatic heterocycles. The van der Waals surface area contributed by atoms with E-state index in [2.05, 4.69) is 5.32 Å². The summed E-state index contributed by atoms with van der Waals surface area (Å²) in [6, 6.07) is 6.34. The first-order chi connectivity index (χ1) is 11.4. The Hall–Kier alpha value is -1.95. The Balaban J connectivity index is 1.82. The fourth-order valence-electron chi connectivity index (χ4n) is 3.02. The molecule has 1 aromatic carbocycles. The monoisotopic (exact) mass is 337 g/mol. The minimum atomic E-state index is -0.931. The van der Waals surface area contributed by atoms with E-state index < -0.39 is 11.4 Å². The van der Waals surface area contributed by atoms with E-state index in [-0.39, 0.29) is 30.6 Å². The van der Waals surface area contributed by atoms with Gasteiger partial charge < -0.3 is 15.2 Å². The Bertz CT molecular complexity index is 584. The maximum atomic E-state index is 13.2. The second-order valence-corrected chi connectivity index (χ2v) is 6.62. The molecule has 2 rings (SSSR count). The van der Waals surface area contributed by atoms with Crippen molar-refractivity contribution in [3.63, 3.8) is 0 Å². The lowest BCUT2D eigenvalue weighted by Crippen LogP contribution is -2.46. The average molecular weight is 337 g/mol. The van der Waals surface area contributed by atoms with Crippen molar-refractivity contribution in [1.29, 1.82) is 0 Å². The number of carboxylic acid groups (broad SMARTS) is 1. The highest BCUT2D eigenvalue weighted by molar-refractivity contribution is 5.79. The highest BCUT2D eigenvalue weighted by Gasteiger charge is 2.40. The first-order valence-electron chi connectivity index (χ1n) is 8.23. The van der Waals surface area contributed by atoms with E-state index in [4.69, 9.17) is 4.74 Å². The number of benzene rings is 1. The van der Waals surface area contributed by atoms with Crippen molar-refractivity contribution in [2.45, 2.75) is 32.6 Å². The molecule has 0 spiro atoms. The largest absolute Gasteiger partial charge is 0.481 e. The van der Waals surface area contributed by atoms with Crippen LogP contribution in [-0.4, -0.2) is 36.7 Å². The van der Waals surface area contributed by atoms with Crippen LogP contribution in [-0.2, 0) is 20.7 Å². The normalized spacial score (nSPS) is 17.9. The van der Waals surface area contributed by atoms with Crippen LogP contribution >= 0.6 is 0 Å². The summed E-state index contributed by atoms with van der Waals surface area (Å²) in [4.78, 5) is 23.7. The summed E-state index contributed by atoms with van der Waals surface area (Å²) in [7, 11) is 0. The number of hydrogen-bond donors (Lipinski definition) is 2. The molecule has 1 unspecified atom stereocenters. The standard InChI is InChI=1S/C18H24FNO4/c1-13(9-14-3-2-4-15(19)11-14)10-16(21)20-12-18(17(22)23)5-7-24-8-6-18/h2-4,11,13H,5-10,12H2,1H3,(H,20,21)(H,22,23). The molecule has 0 radical (unpaired) electrons. The summed E-state index contributed by atoms with van der Waals surface area (Å²) < 4.78 is 18.4. The van der Waals surface area contributed by atoms with E-state index >= 15 is 0 Å². The molecule has 1 fully saturated rings. The van der Waals surface area contributed by atoms with Crippen LogP contribution in [0.15, 0.2) is 24.3 Å². The number of hydrogen-bond acceptors (Lipinski definition) is 3. The SMILES string of the molecule is CC(CC(=O)NCC1(C(=O)O)CCOCC1)Cc1cccc(F)c1. The van der Waals surface area contributed by atoms with Gasteiger partial charge in [-0.2, -0.15) is 0 Å². The second kappa shape index (κ2) is 8.24. The van der Waals surface area contributed by atoms with Gasteiger partial charge in [-0.1, -0.05) is 19.1 Å². The molecule has 0 bridgehead atoms. The number of rotatable bonds is 7.